The molecule has 0 aliphatic rings. The van der Waals surface area contributed by atoms with Gasteiger partial charge in [0.2, 0.25) is 0 Å². The number of halogens is 1. The maximum absolute atomic E-state index is 11.8. The third-order valence-electron chi connectivity index (χ3n) is 3.88. The summed E-state index contributed by atoms with van der Waals surface area (Å²) in [4.78, 5) is 23.5. The van der Waals surface area contributed by atoms with Gasteiger partial charge in [0.25, 0.3) is 0 Å². The lowest BCUT2D eigenvalue weighted by Gasteiger charge is -2.13. The van der Waals surface area contributed by atoms with Crippen LogP contribution in [0.15, 0.2) is 28.7 Å². The zero-order valence-corrected chi connectivity index (χ0v) is 16.8. The minimum absolute atomic E-state index is 0.0264. The zero-order chi connectivity index (χ0) is 18.5. The standard InChI is InChI=1S/C20H29BrO4/c1-3-4-5-6-7-8-9-16(2)24-19(22)14-15-20(23)25-18-12-10-17(21)11-13-18/h10-13,16H,3-9,14-15H2,1-2H3. The van der Waals surface area contributed by atoms with E-state index < -0.39 is 5.97 Å². The summed E-state index contributed by atoms with van der Waals surface area (Å²) in [7, 11) is 0. The summed E-state index contributed by atoms with van der Waals surface area (Å²) >= 11 is 3.32. The van der Waals surface area contributed by atoms with Crippen LogP contribution in [0.25, 0.3) is 0 Å². The summed E-state index contributed by atoms with van der Waals surface area (Å²) in [6.07, 6.45) is 8.18. The SMILES string of the molecule is CCCCCCCCC(C)OC(=O)CCC(=O)Oc1ccc(Br)cc1. The molecule has 0 fully saturated rings. The van der Waals surface area contributed by atoms with Crippen LogP contribution in [0, 0.1) is 0 Å². The molecule has 0 aromatic heterocycles. The van der Waals surface area contributed by atoms with Gasteiger partial charge in [0.1, 0.15) is 5.75 Å². The van der Waals surface area contributed by atoms with Gasteiger partial charge in [0, 0.05) is 4.47 Å². The van der Waals surface area contributed by atoms with Crippen molar-refractivity contribution in [3.63, 3.8) is 0 Å². The minimum atomic E-state index is -0.428. The van der Waals surface area contributed by atoms with Gasteiger partial charge in [-0.3, -0.25) is 9.59 Å². The van der Waals surface area contributed by atoms with E-state index in [1.54, 1.807) is 24.3 Å². The van der Waals surface area contributed by atoms with Crippen LogP contribution < -0.4 is 4.74 Å². The molecule has 25 heavy (non-hydrogen) atoms. The summed E-state index contributed by atoms with van der Waals surface area (Å²) in [6, 6.07) is 6.98. The maximum atomic E-state index is 11.8. The molecule has 1 atom stereocenters. The smallest absolute Gasteiger partial charge is 0.311 e. The highest BCUT2D eigenvalue weighted by Gasteiger charge is 2.13. The van der Waals surface area contributed by atoms with E-state index in [2.05, 4.69) is 22.9 Å². The monoisotopic (exact) mass is 412 g/mol. The van der Waals surface area contributed by atoms with Crippen molar-refractivity contribution >= 4 is 27.9 Å². The Balaban J connectivity index is 2.12. The summed E-state index contributed by atoms with van der Waals surface area (Å²) in [6.45, 7) is 4.11. The van der Waals surface area contributed by atoms with Crippen molar-refractivity contribution in [3.05, 3.63) is 28.7 Å². The van der Waals surface area contributed by atoms with Gasteiger partial charge in [-0.25, -0.2) is 0 Å². The van der Waals surface area contributed by atoms with E-state index in [-0.39, 0.29) is 24.9 Å². The van der Waals surface area contributed by atoms with E-state index in [9.17, 15) is 9.59 Å². The molecule has 1 aromatic rings. The predicted octanol–water partition coefficient (Wildman–Crippen LogP) is 5.82. The number of hydrogen-bond acceptors (Lipinski definition) is 4. The number of esters is 2. The highest BCUT2D eigenvalue weighted by atomic mass is 79.9. The molecule has 1 aromatic carbocycles. The topological polar surface area (TPSA) is 52.6 Å². The van der Waals surface area contributed by atoms with Crippen LogP contribution in [0.3, 0.4) is 0 Å². The van der Waals surface area contributed by atoms with E-state index >= 15 is 0 Å². The van der Waals surface area contributed by atoms with E-state index in [4.69, 9.17) is 9.47 Å². The van der Waals surface area contributed by atoms with Crippen LogP contribution >= 0.6 is 15.9 Å². The molecule has 0 spiro atoms. The van der Waals surface area contributed by atoms with Crippen molar-refractivity contribution < 1.29 is 19.1 Å². The quantitative estimate of drug-likeness (QED) is 0.246. The fraction of sp³-hybridized carbons (Fsp3) is 0.600. The molecule has 0 bridgehead atoms. The fourth-order valence-electron chi connectivity index (χ4n) is 2.44. The van der Waals surface area contributed by atoms with Crippen LogP contribution in [0.1, 0.15) is 71.6 Å². The molecule has 0 saturated carbocycles. The first-order chi connectivity index (χ1) is 12.0. The molecule has 0 saturated heterocycles. The fourth-order valence-corrected chi connectivity index (χ4v) is 2.71. The number of hydrogen-bond donors (Lipinski definition) is 0. The van der Waals surface area contributed by atoms with Crippen LogP contribution in [0.4, 0.5) is 0 Å². The van der Waals surface area contributed by atoms with Gasteiger partial charge >= 0.3 is 11.9 Å². The van der Waals surface area contributed by atoms with E-state index in [1.165, 1.54) is 32.1 Å². The van der Waals surface area contributed by atoms with Gasteiger partial charge in [-0.2, -0.15) is 0 Å². The molecular weight excluding hydrogens is 384 g/mol. The number of rotatable bonds is 12. The second-order valence-electron chi connectivity index (χ2n) is 6.28. The Morgan fingerprint density at radius 1 is 0.960 bits per heavy atom. The Labute approximate surface area is 159 Å². The summed E-state index contributed by atoms with van der Waals surface area (Å²) in [5, 5.41) is 0. The van der Waals surface area contributed by atoms with Gasteiger partial charge in [0.15, 0.2) is 0 Å². The second kappa shape index (κ2) is 12.9. The lowest BCUT2D eigenvalue weighted by molar-refractivity contribution is -0.151. The molecule has 0 aliphatic heterocycles. The molecule has 0 amide bonds. The lowest BCUT2D eigenvalue weighted by atomic mass is 10.1. The number of carbonyl (C=O) groups excluding carboxylic acids is 2. The van der Waals surface area contributed by atoms with E-state index in [0.717, 1.165) is 17.3 Å². The first kappa shape index (κ1) is 21.7. The van der Waals surface area contributed by atoms with Gasteiger partial charge in [-0.15, -0.1) is 0 Å². The van der Waals surface area contributed by atoms with Crippen molar-refractivity contribution in [2.24, 2.45) is 0 Å². The minimum Gasteiger partial charge on any atom is -0.463 e. The molecular formula is C20H29BrO4. The molecule has 0 N–H and O–H groups in total. The molecule has 4 nitrogen and oxygen atoms in total. The molecule has 1 unspecified atom stereocenters. The summed E-state index contributed by atoms with van der Waals surface area (Å²) in [5.74, 6) is -0.299. The van der Waals surface area contributed by atoms with Crippen LogP contribution in [0.5, 0.6) is 5.75 Å². The van der Waals surface area contributed by atoms with Crippen LogP contribution in [-0.4, -0.2) is 18.0 Å². The average Bonchev–Trinajstić information content (AvgIpc) is 2.58. The predicted molar refractivity (Wildman–Crippen MR) is 103 cm³/mol. The molecule has 5 heteroatoms. The van der Waals surface area contributed by atoms with Crippen molar-refractivity contribution in [2.75, 3.05) is 0 Å². The number of carbonyl (C=O) groups is 2. The molecule has 0 radical (unpaired) electrons. The maximum Gasteiger partial charge on any atom is 0.311 e. The molecule has 0 heterocycles. The number of unbranched alkanes of at least 4 members (excludes halogenated alkanes) is 5. The summed E-state index contributed by atoms with van der Waals surface area (Å²) in [5.41, 5.74) is 0. The second-order valence-corrected chi connectivity index (χ2v) is 7.20. The van der Waals surface area contributed by atoms with Crippen molar-refractivity contribution in [1.29, 1.82) is 0 Å². The zero-order valence-electron chi connectivity index (χ0n) is 15.3. The van der Waals surface area contributed by atoms with E-state index in [0.29, 0.717) is 5.75 Å². The number of ether oxygens (including phenoxy) is 2. The third kappa shape index (κ3) is 11.0. The first-order valence-corrected chi connectivity index (χ1v) is 9.96. The Bertz CT molecular complexity index is 513. The summed E-state index contributed by atoms with van der Waals surface area (Å²) < 4.78 is 11.4. The van der Waals surface area contributed by atoms with Gasteiger partial charge in [0.05, 0.1) is 18.9 Å². The molecule has 1 rings (SSSR count). The third-order valence-corrected chi connectivity index (χ3v) is 4.40. The van der Waals surface area contributed by atoms with E-state index in [1.807, 2.05) is 6.92 Å². The Morgan fingerprint density at radius 3 is 2.24 bits per heavy atom. The molecule has 0 aliphatic carbocycles. The van der Waals surface area contributed by atoms with Gasteiger partial charge in [-0.1, -0.05) is 55.0 Å². The van der Waals surface area contributed by atoms with Gasteiger partial charge in [-0.05, 0) is 44.0 Å². The van der Waals surface area contributed by atoms with Gasteiger partial charge < -0.3 is 9.47 Å². The van der Waals surface area contributed by atoms with Crippen LogP contribution in [-0.2, 0) is 14.3 Å². The normalized spacial score (nSPS) is 11.8. The van der Waals surface area contributed by atoms with Crippen molar-refractivity contribution in [3.8, 4) is 5.75 Å². The lowest BCUT2D eigenvalue weighted by Crippen LogP contribution is -2.17. The first-order valence-electron chi connectivity index (χ1n) is 9.17. The number of benzene rings is 1. The molecule has 140 valence electrons. The Kier molecular flexibility index (Phi) is 11.2. The van der Waals surface area contributed by atoms with Crippen molar-refractivity contribution in [2.45, 2.75) is 77.7 Å². The average molecular weight is 413 g/mol. The highest BCUT2D eigenvalue weighted by molar-refractivity contribution is 9.10. The highest BCUT2D eigenvalue weighted by Crippen LogP contribution is 2.17. The Hall–Kier alpha value is -1.36. The van der Waals surface area contributed by atoms with Crippen molar-refractivity contribution in [1.82, 2.24) is 0 Å². The van der Waals surface area contributed by atoms with Crippen LogP contribution in [0.2, 0.25) is 0 Å². The largest absolute Gasteiger partial charge is 0.463 e. The Morgan fingerprint density at radius 2 is 1.56 bits per heavy atom.